The maximum Gasteiger partial charge on any atom is 0.329 e. The summed E-state index contributed by atoms with van der Waals surface area (Å²) in [6.07, 6.45) is 1.66. The van der Waals surface area contributed by atoms with Gasteiger partial charge in [-0.3, -0.25) is 19.7 Å². The second kappa shape index (κ2) is 9.67. The van der Waals surface area contributed by atoms with Crippen LogP contribution in [0.3, 0.4) is 0 Å². The highest BCUT2D eigenvalue weighted by atomic mass is 16.6. The monoisotopic (exact) mass is 386 g/mol. The SMILES string of the molecule is COc1cc(/C=N/NC(=O)C(=O)NCCc2ccccc2)cc([N+](=O)[O-])c1O. The first-order valence-corrected chi connectivity index (χ1v) is 8.13. The predicted octanol–water partition coefficient (Wildman–Crippen LogP) is 1.12. The van der Waals surface area contributed by atoms with E-state index in [0.29, 0.717) is 6.42 Å². The number of hydrogen-bond acceptors (Lipinski definition) is 7. The van der Waals surface area contributed by atoms with E-state index in [4.69, 9.17) is 4.74 Å². The Morgan fingerprint density at radius 2 is 1.96 bits per heavy atom. The molecule has 0 aliphatic carbocycles. The zero-order valence-electron chi connectivity index (χ0n) is 14.9. The van der Waals surface area contributed by atoms with Crippen molar-refractivity contribution in [3.05, 3.63) is 63.7 Å². The molecule has 0 saturated heterocycles. The molecule has 2 aromatic rings. The lowest BCUT2D eigenvalue weighted by molar-refractivity contribution is -0.386. The van der Waals surface area contributed by atoms with E-state index in [1.54, 1.807) is 0 Å². The third-order valence-electron chi connectivity index (χ3n) is 3.62. The summed E-state index contributed by atoms with van der Waals surface area (Å²) >= 11 is 0. The Balaban J connectivity index is 1.91. The van der Waals surface area contributed by atoms with Gasteiger partial charge in [-0.2, -0.15) is 5.10 Å². The molecule has 0 bridgehead atoms. The van der Waals surface area contributed by atoms with E-state index in [0.717, 1.165) is 17.8 Å². The van der Waals surface area contributed by atoms with Crippen molar-refractivity contribution in [3.63, 3.8) is 0 Å². The molecule has 0 spiro atoms. The number of benzene rings is 2. The Hall–Kier alpha value is -3.95. The van der Waals surface area contributed by atoms with E-state index in [-0.39, 0.29) is 17.9 Å². The molecule has 28 heavy (non-hydrogen) atoms. The molecule has 0 aromatic heterocycles. The van der Waals surface area contributed by atoms with Gasteiger partial charge in [-0.05, 0) is 18.1 Å². The lowest BCUT2D eigenvalue weighted by Crippen LogP contribution is -2.38. The third kappa shape index (κ3) is 5.53. The molecule has 2 rings (SSSR count). The average Bonchev–Trinajstić information content (AvgIpc) is 2.69. The predicted molar refractivity (Wildman–Crippen MR) is 100 cm³/mol. The molecule has 0 atom stereocenters. The van der Waals surface area contributed by atoms with Crippen LogP contribution in [-0.2, 0) is 16.0 Å². The summed E-state index contributed by atoms with van der Waals surface area (Å²) in [5.74, 6) is -2.58. The van der Waals surface area contributed by atoms with Crippen molar-refractivity contribution in [3.8, 4) is 11.5 Å². The first-order chi connectivity index (χ1) is 13.4. The number of phenols is 1. The van der Waals surface area contributed by atoms with Gasteiger partial charge in [-0.25, -0.2) is 5.43 Å². The Bertz CT molecular complexity index is 898. The topological polar surface area (TPSA) is 143 Å². The summed E-state index contributed by atoms with van der Waals surface area (Å²) in [5, 5.41) is 26.7. The summed E-state index contributed by atoms with van der Waals surface area (Å²) in [7, 11) is 1.24. The van der Waals surface area contributed by atoms with Crippen molar-refractivity contribution in [2.24, 2.45) is 5.10 Å². The van der Waals surface area contributed by atoms with Crippen molar-refractivity contribution in [2.75, 3.05) is 13.7 Å². The van der Waals surface area contributed by atoms with Gasteiger partial charge in [0, 0.05) is 18.2 Å². The Labute approximate surface area is 160 Å². The van der Waals surface area contributed by atoms with Crippen molar-refractivity contribution in [1.82, 2.24) is 10.7 Å². The van der Waals surface area contributed by atoms with Crippen LogP contribution < -0.4 is 15.5 Å². The minimum atomic E-state index is -0.982. The molecule has 146 valence electrons. The summed E-state index contributed by atoms with van der Waals surface area (Å²) in [5.41, 5.74) is 2.65. The summed E-state index contributed by atoms with van der Waals surface area (Å²) in [6.45, 7) is 0.279. The van der Waals surface area contributed by atoms with E-state index < -0.39 is 28.2 Å². The average molecular weight is 386 g/mol. The minimum Gasteiger partial charge on any atom is -0.500 e. The van der Waals surface area contributed by atoms with Crippen LogP contribution in [0, 0.1) is 10.1 Å². The number of hydrazone groups is 1. The smallest absolute Gasteiger partial charge is 0.329 e. The van der Waals surface area contributed by atoms with E-state index in [1.807, 2.05) is 35.8 Å². The fourth-order valence-corrected chi connectivity index (χ4v) is 2.24. The van der Waals surface area contributed by atoms with Crippen LogP contribution in [-0.4, -0.2) is 41.7 Å². The highest BCUT2D eigenvalue weighted by Crippen LogP contribution is 2.36. The molecule has 2 amide bonds. The van der Waals surface area contributed by atoms with Crippen molar-refractivity contribution < 1.29 is 24.4 Å². The van der Waals surface area contributed by atoms with Gasteiger partial charge < -0.3 is 15.2 Å². The third-order valence-corrected chi connectivity index (χ3v) is 3.62. The highest BCUT2D eigenvalue weighted by Gasteiger charge is 2.19. The second-order valence-electron chi connectivity index (χ2n) is 5.54. The molecule has 10 nitrogen and oxygen atoms in total. The molecular weight excluding hydrogens is 368 g/mol. The number of aromatic hydroxyl groups is 1. The number of nitro benzene ring substituents is 1. The highest BCUT2D eigenvalue weighted by molar-refractivity contribution is 6.35. The van der Waals surface area contributed by atoms with E-state index in [2.05, 4.69) is 10.4 Å². The molecule has 0 aliphatic heterocycles. The molecule has 10 heteroatoms. The standard InChI is InChI=1S/C18H18N4O6/c1-28-15-10-13(9-14(16(15)23)22(26)27)11-20-21-18(25)17(24)19-8-7-12-5-3-2-4-6-12/h2-6,9-11,23H,7-8H2,1H3,(H,19,24)(H,21,25)/b20-11+. The van der Waals surface area contributed by atoms with Crippen LogP contribution in [0.4, 0.5) is 5.69 Å². The normalized spacial score (nSPS) is 10.5. The lowest BCUT2D eigenvalue weighted by atomic mass is 10.1. The molecule has 0 radical (unpaired) electrons. The van der Waals surface area contributed by atoms with Crippen molar-refractivity contribution in [1.29, 1.82) is 0 Å². The van der Waals surface area contributed by atoms with Gasteiger partial charge in [0.1, 0.15) is 0 Å². The summed E-state index contributed by atoms with van der Waals surface area (Å²) < 4.78 is 4.86. The van der Waals surface area contributed by atoms with Gasteiger partial charge in [0.15, 0.2) is 5.75 Å². The van der Waals surface area contributed by atoms with Gasteiger partial charge >= 0.3 is 17.5 Å². The number of nitrogens with one attached hydrogen (secondary N) is 2. The maximum absolute atomic E-state index is 11.7. The number of nitrogens with zero attached hydrogens (tertiary/aromatic N) is 2. The summed E-state index contributed by atoms with van der Waals surface area (Å²) in [4.78, 5) is 33.6. The number of hydrogen-bond donors (Lipinski definition) is 3. The molecule has 0 aliphatic rings. The van der Waals surface area contributed by atoms with E-state index >= 15 is 0 Å². The van der Waals surface area contributed by atoms with Crippen molar-refractivity contribution in [2.45, 2.75) is 6.42 Å². The number of phenolic OH excluding ortho intramolecular Hbond substituents is 1. The Morgan fingerprint density at radius 1 is 1.25 bits per heavy atom. The molecule has 0 unspecified atom stereocenters. The molecular formula is C18H18N4O6. The summed E-state index contributed by atoms with van der Waals surface area (Å²) in [6, 6.07) is 11.8. The number of nitro groups is 1. The molecule has 0 fully saturated rings. The maximum atomic E-state index is 11.7. The Morgan fingerprint density at radius 3 is 2.61 bits per heavy atom. The number of carbonyl (C=O) groups is 2. The number of methoxy groups -OCH3 is 1. The van der Waals surface area contributed by atoms with Gasteiger partial charge in [0.25, 0.3) is 0 Å². The van der Waals surface area contributed by atoms with Crippen LogP contribution >= 0.6 is 0 Å². The van der Waals surface area contributed by atoms with Gasteiger partial charge in [0.2, 0.25) is 5.75 Å². The Kier molecular flexibility index (Phi) is 7.03. The van der Waals surface area contributed by atoms with Crippen LogP contribution in [0.1, 0.15) is 11.1 Å². The zero-order chi connectivity index (χ0) is 20.5. The van der Waals surface area contributed by atoms with Gasteiger partial charge in [-0.15, -0.1) is 0 Å². The largest absolute Gasteiger partial charge is 0.500 e. The zero-order valence-corrected chi connectivity index (χ0v) is 14.9. The number of rotatable bonds is 7. The van der Waals surface area contributed by atoms with Crippen LogP contribution in [0.25, 0.3) is 0 Å². The fourth-order valence-electron chi connectivity index (χ4n) is 2.24. The van der Waals surface area contributed by atoms with Crippen LogP contribution in [0.15, 0.2) is 47.6 Å². The van der Waals surface area contributed by atoms with E-state index in [9.17, 15) is 24.8 Å². The van der Waals surface area contributed by atoms with Crippen LogP contribution in [0.5, 0.6) is 11.5 Å². The first kappa shape index (κ1) is 20.4. The molecule has 0 saturated carbocycles. The molecule has 0 heterocycles. The van der Waals surface area contributed by atoms with Gasteiger partial charge in [-0.1, -0.05) is 30.3 Å². The molecule has 3 N–H and O–H groups in total. The van der Waals surface area contributed by atoms with E-state index in [1.165, 1.54) is 13.2 Å². The number of carbonyl (C=O) groups excluding carboxylic acids is 2. The first-order valence-electron chi connectivity index (χ1n) is 8.13. The lowest BCUT2D eigenvalue weighted by Gasteiger charge is -2.05. The van der Waals surface area contributed by atoms with Crippen LogP contribution in [0.2, 0.25) is 0 Å². The number of amides is 2. The minimum absolute atomic E-state index is 0.124. The quantitative estimate of drug-likeness (QED) is 0.282. The number of ether oxygens (including phenoxy) is 1. The van der Waals surface area contributed by atoms with Crippen molar-refractivity contribution >= 4 is 23.7 Å². The fraction of sp³-hybridized carbons (Fsp3) is 0.167. The molecule has 2 aromatic carbocycles. The second-order valence-corrected chi connectivity index (χ2v) is 5.54. The van der Waals surface area contributed by atoms with Gasteiger partial charge in [0.05, 0.1) is 18.2 Å².